The summed E-state index contributed by atoms with van der Waals surface area (Å²) in [5.41, 5.74) is 0. The summed E-state index contributed by atoms with van der Waals surface area (Å²) >= 11 is 1.51. The van der Waals surface area contributed by atoms with Crippen LogP contribution in [0.3, 0.4) is 0 Å². The van der Waals surface area contributed by atoms with Crippen LogP contribution in [-0.4, -0.2) is 35.7 Å². The molecule has 0 aliphatic carbocycles. The Morgan fingerprint density at radius 3 is 2.82 bits per heavy atom. The fourth-order valence-corrected chi connectivity index (χ4v) is 2.95. The van der Waals surface area contributed by atoms with Crippen molar-refractivity contribution in [3.63, 3.8) is 0 Å². The average molecular weight is 255 g/mol. The van der Waals surface area contributed by atoms with E-state index >= 15 is 0 Å². The lowest BCUT2D eigenvalue weighted by Gasteiger charge is -2.35. The van der Waals surface area contributed by atoms with Crippen molar-refractivity contribution in [1.82, 2.24) is 9.36 Å². The SMILES string of the molecule is COC1CN(c2nc(C(C)C)ns2)CCC1C. The van der Waals surface area contributed by atoms with Crippen molar-refractivity contribution in [2.24, 2.45) is 5.92 Å². The summed E-state index contributed by atoms with van der Waals surface area (Å²) in [6.07, 6.45) is 1.48. The quantitative estimate of drug-likeness (QED) is 0.832. The first-order chi connectivity index (χ1) is 8.11. The minimum Gasteiger partial charge on any atom is -0.379 e. The standard InChI is InChI=1S/C12H21N3OS/c1-8(2)11-13-12(17-14-11)15-6-5-9(3)10(7-15)16-4/h8-10H,5-7H2,1-4H3. The van der Waals surface area contributed by atoms with E-state index in [1.165, 1.54) is 11.5 Å². The summed E-state index contributed by atoms with van der Waals surface area (Å²) in [6.45, 7) is 8.51. The summed E-state index contributed by atoms with van der Waals surface area (Å²) in [5, 5.41) is 1.04. The molecule has 0 radical (unpaired) electrons. The van der Waals surface area contributed by atoms with Crippen LogP contribution in [0.25, 0.3) is 0 Å². The van der Waals surface area contributed by atoms with Gasteiger partial charge in [-0.2, -0.15) is 4.37 Å². The first-order valence-electron chi connectivity index (χ1n) is 6.23. The number of hydrogen-bond acceptors (Lipinski definition) is 5. The van der Waals surface area contributed by atoms with Crippen LogP contribution in [0.15, 0.2) is 0 Å². The lowest BCUT2D eigenvalue weighted by molar-refractivity contribution is 0.0498. The molecule has 0 N–H and O–H groups in total. The normalized spacial score (nSPS) is 25.6. The van der Waals surface area contributed by atoms with Crippen LogP contribution < -0.4 is 4.90 Å². The molecule has 0 saturated carbocycles. The molecular weight excluding hydrogens is 234 g/mol. The fraction of sp³-hybridized carbons (Fsp3) is 0.833. The molecule has 17 heavy (non-hydrogen) atoms. The Balaban J connectivity index is 2.06. The van der Waals surface area contributed by atoms with Crippen LogP contribution in [0.4, 0.5) is 5.13 Å². The molecule has 1 saturated heterocycles. The first-order valence-corrected chi connectivity index (χ1v) is 7.00. The molecule has 2 heterocycles. The van der Waals surface area contributed by atoms with Gasteiger partial charge in [-0.05, 0) is 12.3 Å². The largest absolute Gasteiger partial charge is 0.379 e. The number of nitrogens with zero attached hydrogens (tertiary/aromatic N) is 3. The van der Waals surface area contributed by atoms with E-state index in [0.29, 0.717) is 17.9 Å². The molecule has 1 aromatic heterocycles. The fourth-order valence-electron chi connectivity index (χ4n) is 2.10. The van der Waals surface area contributed by atoms with Gasteiger partial charge in [-0.3, -0.25) is 0 Å². The van der Waals surface area contributed by atoms with Gasteiger partial charge in [0.25, 0.3) is 0 Å². The molecule has 1 fully saturated rings. The van der Waals surface area contributed by atoms with Crippen LogP contribution in [0.2, 0.25) is 0 Å². The first kappa shape index (κ1) is 12.8. The van der Waals surface area contributed by atoms with Crippen LogP contribution in [0, 0.1) is 5.92 Å². The molecule has 1 aromatic rings. The third kappa shape index (κ3) is 2.77. The number of methoxy groups -OCH3 is 1. The van der Waals surface area contributed by atoms with Crippen molar-refractivity contribution in [2.45, 2.75) is 39.2 Å². The van der Waals surface area contributed by atoms with Crippen molar-refractivity contribution < 1.29 is 4.74 Å². The molecule has 0 spiro atoms. The van der Waals surface area contributed by atoms with Crippen molar-refractivity contribution in [1.29, 1.82) is 0 Å². The number of rotatable bonds is 3. The topological polar surface area (TPSA) is 38.2 Å². The van der Waals surface area contributed by atoms with Gasteiger partial charge in [0.1, 0.15) is 5.82 Å². The molecule has 2 atom stereocenters. The maximum Gasteiger partial charge on any atom is 0.205 e. The van der Waals surface area contributed by atoms with Gasteiger partial charge in [0.05, 0.1) is 6.10 Å². The van der Waals surface area contributed by atoms with E-state index in [2.05, 4.69) is 35.0 Å². The number of piperidine rings is 1. The summed E-state index contributed by atoms with van der Waals surface area (Å²) in [5.74, 6) is 1.99. The predicted octanol–water partition coefficient (Wildman–Crippen LogP) is 2.52. The lowest BCUT2D eigenvalue weighted by Crippen LogP contribution is -2.43. The van der Waals surface area contributed by atoms with Gasteiger partial charge < -0.3 is 9.64 Å². The van der Waals surface area contributed by atoms with Gasteiger partial charge in [-0.15, -0.1) is 0 Å². The molecular formula is C12H21N3OS. The van der Waals surface area contributed by atoms with Gasteiger partial charge in [-0.1, -0.05) is 20.8 Å². The minimum atomic E-state index is 0.315. The zero-order chi connectivity index (χ0) is 12.4. The Kier molecular flexibility index (Phi) is 3.99. The molecule has 2 rings (SSSR count). The Morgan fingerprint density at radius 1 is 1.47 bits per heavy atom. The van der Waals surface area contributed by atoms with Crippen LogP contribution >= 0.6 is 11.5 Å². The van der Waals surface area contributed by atoms with Gasteiger partial charge in [0, 0.05) is 37.6 Å². The summed E-state index contributed by atoms with van der Waals surface area (Å²) < 4.78 is 9.93. The van der Waals surface area contributed by atoms with E-state index < -0.39 is 0 Å². The highest BCUT2D eigenvalue weighted by Gasteiger charge is 2.27. The number of anilines is 1. The Morgan fingerprint density at radius 2 is 2.24 bits per heavy atom. The molecule has 1 aliphatic rings. The highest BCUT2D eigenvalue weighted by molar-refractivity contribution is 7.09. The van der Waals surface area contributed by atoms with Gasteiger partial charge in [0.2, 0.25) is 5.13 Å². The molecule has 4 nitrogen and oxygen atoms in total. The van der Waals surface area contributed by atoms with Crippen LogP contribution in [-0.2, 0) is 4.74 Å². The number of aromatic nitrogens is 2. The summed E-state index contributed by atoms with van der Waals surface area (Å²) in [7, 11) is 1.80. The van der Waals surface area contributed by atoms with Gasteiger partial charge >= 0.3 is 0 Å². The van der Waals surface area contributed by atoms with Crippen molar-refractivity contribution >= 4 is 16.7 Å². The van der Waals surface area contributed by atoms with Crippen molar-refractivity contribution in [3.8, 4) is 0 Å². The maximum atomic E-state index is 5.52. The lowest BCUT2D eigenvalue weighted by atomic mass is 9.96. The van der Waals surface area contributed by atoms with Crippen LogP contribution in [0.1, 0.15) is 38.9 Å². The van der Waals surface area contributed by atoms with E-state index in [-0.39, 0.29) is 0 Å². The molecule has 2 unspecified atom stereocenters. The van der Waals surface area contributed by atoms with Crippen molar-refractivity contribution in [2.75, 3.05) is 25.1 Å². The predicted molar refractivity (Wildman–Crippen MR) is 70.8 cm³/mol. The van der Waals surface area contributed by atoms with E-state index in [9.17, 15) is 0 Å². The minimum absolute atomic E-state index is 0.315. The highest BCUT2D eigenvalue weighted by atomic mass is 32.1. The summed E-state index contributed by atoms with van der Waals surface area (Å²) in [6, 6.07) is 0. The molecule has 0 amide bonds. The van der Waals surface area contributed by atoms with E-state index in [4.69, 9.17) is 4.74 Å². The molecule has 96 valence electrons. The number of ether oxygens (including phenoxy) is 1. The van der Waals surface area contributed by atoms with Gasteiger partial charge in [0.15, 0.2) is 0 Å². The Hall–Kier alpha value is -0.680. The monoisotopic (exact) mass is 255 g/mol. The maximum absolute atomic E-state index is 5.52. The van der Waals surface area contributed by atoms with Crippen LogP contribution in [0.5, 0.6) is 0 Å². The second-order valence-corrected chi connectivity index (χ2v) is 5.81. The molecule has 1 aliphatic heterocycles. The number of hydrogen-bond donors (Lipinski definition) is 0. The van der Waals surface area contributed by atoms with Gasteiger partial charge in [-0.25, -0.2) is 4.98 Å². The van der Waals surface area contributed by atoms with E-state index in [1.54, 1.807) is 7.11 Å². The zero-order valence-corrected chi connectivity index (χ0v) is 11.8. The molecule has 5 heteroatoms. The Bertz CT molecular complexity index is 366. The Labute approximate surface area is 107 Å². The summed E-state index contributed by atoms with van der Waals surface area (Å²) in [4.78, 5) is 6.91. The third-order valence-corrected chi connectivity index (χ3v) is 4.20. The highest BCUT2D eigenvalue weighted by Crippen LogP contribution is 2.27. The van der Waals surface area contributed by atoms with E-state index in [0.717, 1.165) is 30.5 Å². The molecule has 0 bridgehead atoms. The smallest absolute Gasteiger partial charge is 0.205 e. The van der Waals surface area contributed by atoms with E-state index in [1.807, 2.05) is 0 Å². The second-order valence-electron chi connectivity index (χ2n) is 5.08. The average Bonchev–Trinajstić information content (AvgIpc) is 2.79. The second kappa shape index (κ2) is 5.31. The van der Waals surface area contributed by atoms with Crippen molar-refractivity contribution in [3.05, 3.63) is 5.82 Å². The molecule has 0 aromatic carbocycles. The third-order valence-electron chi connectivity index (χ3n) is 3.41. The zero-order valence-electron chi connectivity index (χ0n) is 11.0.